The Morgan fingerprint density at radius 1 is 1.00 bits per heavy atom. The lowest BCUT2D eigenvalue weighted by molar-refractivity contribution is -0.116. The Morgan fingerprint density at radius 2 is 1.65 bits per heavy atom. The molecular formula is C18H20OS. The average Bonchev–Trinajstić information content (AvgIpc) is 2.46. The molecule has 2 aromatic carbocycles. The van der Waals surface area contributed by atoms with E-state index in [1.165, 1.54) is 5.56 Å². The van der Waals surface area contributed by atoms with Crippen LogP contribution >= 0.6 is 11.8 Å². The molecule has 0 amide bonds. The van der Waals surface area contributed by atoms with E-state index < -0.39 is 0 Å². The predicted molar refractivity (Wildman–Crippen MR) is 86.4 cm³/mol. The average molecular weight is 284 g/mol. The van der Waals surface area contributed by atoms with Gasteiger partial charge in [-0.25, -0.2) is 0 Å². The van der Waals surface area contributed by atoms with Crippen LogP contribution in [0.25, 0.3) is 0 Å². The topological polar surface area (TPSA) is 17.1 Å². The molecule has 0 saturated carbocycles. The van der Waals surface area contributed by atoms with Crippen LogP contribution in [0.5, 0.6) is 0 Å². The Kier molecular flexibility index (Phi) is 5.42. The van der Waals surface area contributed by atoms with Crippen LogP contribution in [0.1, 0.15) is 30.9 Å². The van der Waals surface area contributed by atoms with Gasteiger partial charge in [0, 0.05) is 11.3 Å². The molecular weight excluding hydrogens is 264 g/mol. The second kappa shape index (κ2) is 7.30. The highest BCUT2D eigenvalue weighted by Gasteiger charge is 2.05. The third kappa shape index (κ3) is 4.53. The molecule has 0 fully saturated rings. The molecule has 1 nitrogen and oxygen atoms in total. The fourth-order valence-electron chi connectivity index (χ4n) is 1.99. The summed E-state index contributed by atoms with van der Waals surface area (Å²) in [6.45, 7) is 4.37. The van der Waals surface area contributed by atoms with E-state index in [1.54, 1.807) is 11.8 Å². The van der Waals surface area contributed by atoms with Gasteiger partial charge in [0.15, 0.2) is 0 Å². The fourth-order valence-corrected chi connectivity index (χ4v) is 2.75. The van der Waals surface area contributed by atoms with Crippen molar-refractivity contribution >= 4 is 17.5 Å². The Labute approximate surface area is 125 Å². The summed E-state index contributed by atoms with van der Waals surface area (Å²) in [6, 6.07) is 18.4. The second-order valence-corrected chi connectivity index (χ2v) is 6.26. The molecule has 0 unspecified atom stereocenters. The Hall–Kier alpha value is -1.54. The summed E-state index contributed by atoms with van der Waals surface area (Å²) in [4.78, 5) is 13.1. The number of Topliss-reactive ketones (excluding diaryl/α,β-unsaturated/α-hetero) is 1. The van der Waals surface area contributed by atoms with Crippen LogP contribution in [0.4, 0.5) is 0 Å². The molecule has 0 aromatic heterocycles. The molecule has 0 heterocycles. The summed E-state index contributed by atoms with van der Waals surface area (Å²) in [7, 11) is 0. The molecule has 2 aromatic rings. The highest BCUT2D eigenvalue weighted by molar-refractivity contribution is 8.00. The van der Waals surface area contributed by atoms with Crippen LogP contribution in [0.3, 0.4) is 0 Å². The van der Waals surface area contributed by atoms with Crippen molar-refractivity contribution in [1.82, 2.24) is 0 Å². The Bertz CT molecular complexity index is 543. The highest BCUT2D eigenvalue weighted by Crippen LogP contribution is 2.22. The van der Waals surface area contributed by atoms with E-state index in [1.807, 2.05) is 30.3 Å². The van der Waals surface area contributed by atoms with Crippen molar-refractivity contribution in [3.8, 4) is 0 Å². The van der Waals surface area contributed by atoms with Crippen LogP contribution in [0.15, 0.2) is 59.5 Å². The standard InChI is InChI=1S/C18H20OS/c1-14(2)16-8-10-18(11-9-16)20-13-17(19)12-15-6-4-3-5-7-15/h3-11,14H,12-13H2,1-2H3. The van der Waals surface area contributed by atoms with Gasteiger partial charge in [0.2, 0.25) is 0 Å². The zero-order valence-corrected chi connectivity index (χ0v) is 12.8. The van der Waals surface area contributed by atoms with Gasteiger partial charge in [0.25, 0.3) is 0 Å². The number of hydrogen-bond donors (Lipinski definition) is 0. The van der Waals surface area contributed by atoms with E-state index in [0.717, 1.165) is 10.5 Å². The van der Waals surface area contributed by atoms with Gasteiger partial charge >= 0.3 is 0 Å². The van der Waals surface area contributed by atoms with Crippen molar-refractivity contribution in [3.63, 3.8) is 0 Å². The molecule has 0 aliphatic heterocycles. The fraction of sp³-hybridized carbons (Fsp3) is 0.278. The van der Waals surface area contributed by atoms with Crippen molar-refractivity contribution < 1.29 is 4.79 Å². The van der Waals surface area contributed by atoms with E-state index in [2.05, 4.69) is 38.1 Å². The third-order valence-electron chi connectivity index (χ3n) is 3.19. The second-order valence-electron chi connectivity index (χ2n) is 5.21. The summed E-state index contributed by atoms with van der Waals surface area (Å²) in [5.74, 6) is 1.36. The number of benzene rings is 2. The maximum Gasteiger partial charge on any atom is 0.147 e. The molecule has 0 spiro atoms. The summed E-state index contributed by atoms with van der Waals surface area (Å²) in [5.41, 5.74) is 2.43. The number of rotatable bonds is 6. The predicted octanol–water partition coefficient (Wildman–Crippen LogP) is 4.71. The van der Waals surface area contributed by atoms with Crippen molar-refractivity contribution in [2.75, 3.05) is 5.75 Å². The van der Waals surface area contributed by atoms with Gasteiger partial charge in [-0.15, -0.1) is 11.8 Å². The van der Waals surface area contributed by atoms with Gasteiger partial charge < -0.3 is 0 Å². The van der Waals surface area contributed by atoms with Crippen LogP contribution in [-0.2, 0) is 11.2 Å². The quantitative estimate of drug-likeness (QED) is 0.714. The van der Waals surface area contributed by atoms with Crippen molar-refractivity contribution in [2.24, 2.45) is 0 Å². The maximum absolute atomic E-state index is 11.9. The number of thioether (sulfide) groups is 1. The zero-order chi connectivity index (χ0) is 14.4. The lowest BCUT2D eigenvalue weighted by atomic mass is 10.0. The van der Waals surface area contributed by atoms with Gasteiger partial charge in [-0.05, 0) is 29.2 Å². The number of carbonyl (C=O) groups excluding carboxylic acids is 1. The number of carbonyl (C=O) groups is 1. The third-order valence-corrected chi connectivity index (χ3v) is 4.26. The summed E-state index contributed by atoms with van der Waals surface area (Å²) in [6.07, 6.45) is 0.526. The monoisotopic (exact) mass is 284 g/mol. The smallest absolute Gasteiger partial charge is 0.147 e. The van der Waals surface area contributed by atoms with Crippen molar-refractivity contribution in [2.45, 2.75) is 31.1 Å². The number of hydrogen-bond acceptors (Lipinski definition) is 2. The van der Waals surface area contributed by atoms with Gasteiger partial charge in [0.1, 0.15) is 5.78 Å². The SMILES string of the molecule is CC(C)c1ccc(SCC(=O)Cc2ccccc2)cc1. The first-order valence-electron chi connectivity index (χ1n) is 6.93. The molecule has 2 rings (SSSR count). The van der Waals surface area contributed by atoms with Crippen LogP contribution < -0.4 is 0 Å². The summed E-state index contributed by atoms with van der Waals surface area (Å²) < 4.78 is 0. The van der Waals surface area contributed by atoms with Crippen LogP contribution in [0, 0.1) is 0 Å². The van der Waals surface area contributed by atoms with E-state index in [4.69, 9.17) is 0 Å². The van der Waals surface area contributed by atoms with Crippen molar-refractivity contribution in [3.05, 3.63) is 65.7 Å². The van der Waals surface area contributed by atoms with Gasteiger partial charge in [0.05, 0.1) is 5.75 Å². The molecule has 2 heteroatoms. The summed E-state index contributed by atoms with van der Waals surface area (Å²) in [5, 5.41) is 0. The minimum Gasteiger partial charge on any atom is -0.298 e. The van der Waals surface area contributed by atoms with E-state index in [-0.39, 0.29) is 5.78 Å². The molecule has 20 heavy (non-hydrogen) atoms. The van der Waals surface area contributed by atoms with Gasteiger partial charge in [-0.2, -0.15) is 0 Å². The Morgan fingerprint density at radius 3 is 2.25 bits per heavy atom. The molecule has 0 N–H and O–H groups in total. The van der Waals surface area contributed by atoms with E-state index >= 15 is 0 Å². The first kappa shape index (κ1) is 14.9. The van der Waals surface area contributed by atoms with Crippen molar-refractivity contribution in [1.29, 1.82) is 0 Å². The molecule has 104 valence electrons. The molecule has 0 aliphatic rings. The highest BCUT2D eigenvalue weighted by atomic mass is 32.2. The molecule has 0 saturated heterocycles. The summed E-state index contributed by atoms with van der Waals surface area (Å²) >= 11 is 1.62. The lowest BCUT2D eigenvalue weighted by Crippen LogP contribution is -2.05. The zero-order valence-electron chi connectivity index (χ0n) is 12.0. The largest absolute Gasteiger partial charge is 0.298 e. The lowest BCUT2D eigenvalue weighted by Gasteiger charge is -2.06. The van der Waals surface area contributed by atoms with Gasteiger partial charge in [-0.1, -0.05) is 56.3 Å². The Balaban J connectivity index is 1.84. The normalized spacial score (nSPS) is 10.8. The number of ketones is 1. The maximum atomic E-state index is 11.9. The first-order chi connectivity index (χ1) is 9.65. The van der Waals surface area contributed by atoms with E-state index in [9.17, 15) is 4.79 Å². The van der Waals surface area contributed by atoms with Crippen LogP contribution in [0.2, 0.25) is 0 Å². The van der Waals surface area contributed by atoms with Gasteiger partial charge in [-0.3, -0.25) is 4.79 Å². The first-order valence-corrected chi connectivity index (χ1v) is 7.92. The molecule has 0 radical (unpaired) electrons. The molecule has 0 aliphatic carbocycles. The minimum absolute atomic E-state index is 0.272. The van der Waals surface area contributed by atoms with E-state index in [0.29, 0.717) is 18.1 Å². The molecule has 0 bridgehead atoms. The van der Waals surface area contributed by atoms with Crippen LogP contribution in [-0.4, -0.2) is 11.5 Å². The minimum atomic E-state index is 0.272. The molecule has 0 atom stereocenters.